The number of ether oxygens (including phenoxy) is 2. The first kappa shape index (κ1) is 20.7. The summed E-state index contributed by atoms with van der Waals surface area (Å²) < 4.78 is 11.0. The number of likely N-dealkylation sites (N-methyl/N-ethyl adjacent to an activating group) is 1. The minimum absolute atomic E-state index is 0.187. The highest BCUT2D eigenvalue weighted by Gasteiger charge is 2.14. The lowest BCUT2D eigenvalue weighted by Crippen LogP contribution is -2.36. The SMILES string of the molecule is CB(O)N(C)CCNc1cc(C)nc(NC(=O)Nc2ccc3c(c2)OCCO3)n1. The molecule has 29 heavy (non-hydrogen) atoms. The summed E-state index contributed by atoms with van der Waals surface area (Å²) in [7, 11) is 1.30. The predicted molar refractivity (Wildman–Crippen MR) is 112 cm³/mol. The Hall–Kier alpha value is -3.05. The molecule has 1 aromatic heterocycles. The maximum absolute atomic E-state index is 12.3. The van der Waals surface area contributed by atoms with Crippen molar-refractivity contribution in [1.29, 1.82) is 0 Å². The van der Waals surface area contributed by atoms with Crippen molar-refractivity contribution >= 4 is 30.5 Å². The van der Waals surface area contributed by atoms with Crippen molar-refractivity contribution < 1.29 is 19.3 Å². The van der Waals surface area contributed by atoms with E-state index in [9.17, 15) is 9.82 Å². The number of aryl methyl sites for hydroxylation is 1. The fraction of sp³-hybridized carbons (Fsp3) is 0.389. The first-order valence-corrected chi connectivity index (χ1v) is 9.36. The number of urea groups is 1. The molecule has 2 heterocycles. The van der Waals surface area contributed by atoms with Crippen LogP contribution in [0, 0.1) is 6.92 Å². The second-order valence-corrected chi connectivity index (χ2v) is 6.69. The number of aromatic nitrogens is 2. The van der Waals surface area contributed by atoms with Crippen molar-refractivity contribution in [3.05, 3.63) is 30.0 Å². The highest BCUT2D eigenvalue weighted by atomic mass is 16.6. The van der Waals surface area contributed by atoms with Crippen molar-refractivity contribution in [2.24, 2.45) is 0 Å². The summed E-state index contributed by atoms with van der Waals surface area (Å²) in [4.78, 5) is 22.7. The molecule has 0 fully saturated rings. The maximum atomic E-state index is 12.3. The highest BCUT2D eigenvalue weighted by molar-refractivity contribution is 6.45. The lowest BCUT2D eigenvalue weighted by Gasteiger charge is -2.19. The van der Waals surface area contributed by atoms with Crippen molar-refractivity contribution in [3.63, 3.8) is 0 Å². The molecule has 0 saturated carbocycles. The number of benzene rings is 1. The molecule has 10 nitrogen and oxygen atoms in total. The van der Waals surface area contributed by atoms with Gasteiger partial charge >= 0.3 is 13.1 Å². The monoisotopic (exact) mass is 400 g/mol. The van der Waals surface area contributed by atoms with E-state index in [1.54, 1.807) is 35.9 Å². The van der Waals surface area contributed by atoms with Gasteiger partial charge in [-0.25, -0.2) is 9.78 Å². The van der Waals surface area contributed by atoms with Crippen LogP contribution < -0.4 is 25.4 Å². The number of nitrogens with zero attached hydrogens (tertiary/aromatic N) is 3. The van der Waals surface area contributed by atoms with E-state index in [0.717, 1.165) is 0 Å². The predicted octanol–water partition coefficient (Wildman–Crippen LogP) is 1.65. The molecule has 4 N–H and O–H groups in total. The summed E-state index contributed by atoms with van der Waals surface area (Å²) in [6.45, 7) is 5.73. The average molecular weight is 400 g/mol. The molecule has 0 unspecified atom stereocenters. The lowest BCUT2D eigenvalue weighted by atomic mass is 9.86. The zero-order valence-electron chi connectivity index (χ0n) is 16.7. The van der Waals surface area contributed by atoms with Crippen LogP contribution in [0.25, 0.3) is 0 Å². The molecular weight excluding hydrogens is 375 g/mol. The van der Waals surface area contributed by atoms with Crippen molar-refractivity contribution in [2.45, 2.75) is 13.7 Å². The molecule has 1 aromatic carbocycles. The van der Waals surface area contributed by atoms with E-state index >= 15 is 0 Å². The Bertz CT molecular complexity index is 866. The maximum Gasteiger partial charge on any atom is 0.376 e. The van der Waals surface area contributed by atoms with E-state index < -0.39 is 13.1 Å². The summed E-state index contributed by atoms with van der Waals surface area (Å²) in [6, 6.07) is 6.51. The van der Waals surface area contributed by atoms with Gasteiger partial charge in [0, 0.05) is 36.6 Å². The number of carbonyl (C=O) groups is 1. The standard InChI is InChI=1S/C18H25BN6O4/c1-12-10-16(20-6-7-25(3)19(2)27)23-17(21-12)24-18(26)22-13-4-5-14-15(11-13)29-9-8-28-14/h4-5,10-11,27H,6-9H2,1-3H3,(H3,20,21,22,23,24,26). The third-order valence-corrected chi connectivity index (χ3v) is 4.29. The number of fused-ring (bicyclic) bond motifs is 1. The van der Waals surface area contributed by atoms with E-state index in [1.165, 1.54) is 0 Å². The second-order valence-electron chi connectivity index (χ2n) is 6.69. The van der Waals surface area contributed by atoms with E-state index in [0.29, 0.717) is 55.0 Å². The number of amides is 2. The highest BCUT2D eigenvalue weighted by Crippen LogP contribution is 2.32. The molecule has 0 radical (unpaired) electrons. The van der Waals surface area contributed by atoms with Crippen LogP contribution in [0.3, 0.4) is 0 Å². The number of hydrogen-bond acceptors (Lipinski definition) is 8. The topological polar surface area (TPSA) is 121 Å². The van der Waals surface area contributed by atoms with Gasteiger partial charge in [0.25, 0.3) is 0 Å². The second kappa shape index (κ2) is 9.44. The molecule has 0 atom stereocenters. The zero-order chi connectivity index (χ0) is 20.8. The van der Waals surface area contributed by atoms with Crippen LogP contribution in [0.1, 0.15) is 5.69 Å². The Morgan fingerprint density at radius 3 is 2.72 bits per heavy atom. The first-order valence-electron chi connectivity index (χ1n) is 9.36. The summed E-state index contributed by atoms with van der Waals surface area (Å²) in [5.74, 6) is 2.02. The summed E-state index contributed by atoms with van der Waals surface area (Å²) >= 11 is 0. The molecule has 0 aliphatic carbocycles. The number of carbonyl (C=O) groups excluding carboxylic acids is 1. The van der Waals surface area contributed by atoms with E-state index in [-0.39, 0.29) is 5.95 Å². The van der Waals surface area contributed by atoms with Crippen molar-refractivity contribution in [3.8, 4) is 11.5 Å². The van der Waals surface area contributed by atoms with Crippen molar-refractivity contribution in [2.75, 3.05) is 49.3 Å². The van der Waals surface area contributed by atoms with Crippen LogP contribution in [0.4, 0.5) is 22.2 Å². The van der Waals surface area contributed by atoms with Gasteiger partial charge in [-0.3, -0.25) is 5.32 Å². The number of nitrogens with one attached hydrogen (secondary N) is 3. The van der Waals surface area contributed by atoms with Crippen LogP contribution in [0.2, 0.25) is 6.82 Å². The Balaban J connectivity index is 1.57. The van der Waals surface area contributed by atoms with Gasteiger partial charge in [-0.2, -0.15) is 4.98 Å². The number of hydrogen-bond donors (Lipinski definition) is 4. The van der Waals surface area contributed by atoms with Gasteiger partial charge < -0.3 is 29.9 Å². The van der Waals surface area contributed by atoms with Gasteiger partial charge in [-0.05, 0) is 32.9 Å². The van der Waals surface area contributed by atoms with Crippen LogP contribution in [0.15, 0.2) is 24.3 Å². The van der Waals surface area contributed by atoms with E-state index in [4.69, 9.17) is 9.47 Å². The molecule has 1 aliphatic rings. The molecule has 0 bridgehead atoms. The van der Waals surface area contributed by atoms with E-state index in [2.05, 4.69) is 25.9 Å². The first-order chi connectivity index (χ1) is 13.9. The number of rotatable bonds is 7. The Morgan fingerprint density at radius 2 is 1.97 bits per heavy atom. The Morgan fingerprint density at radius 1 is 1.21 bits per heavy atom. The fourth-order valence-electron chi connectivity index (χ4n) is 2.65. The summed E-state index contributed by atoms with van der Waals surface area (Å²) in [6.07, 6.45) is 0. The zero-order valence-corrected chi connectivity index (χ0v) is 16.7. The Labute approximate surface area is 169 Å². The van der Waals surface area contributed by atoms with Gasteiger partial charge in [0.1, 0.15) is 19.0 Å². The molecule has 0 spiro atoms. The third kappa shape index (κ3) is 5.96. The molecule has 11 heteroatoms. The minimum atomic E-state index is -0.523. The summed E-state index contributed by atoms with van der Waals surface area (Å²) in [5.41, 5.74) is 1.28. The van der Waals surface area contributed by atoms with E-state index in [1.807, 2.05) is 14.0 Å². The van der Waals surface area contributed by atoms with Gasteiger partial charge in [0.05, 0.1) is 0 Å². The van der Waals surface area contributed by atoms with Crippen LogP contribution in [0.5, 0.6) is 11.5 Å². The number of anilines is 3. The van der Waals surface area contributed by atoms with Gasteiger partial charge in [-0.15, -0.1) is 0 Å². The minimum Gasteiger partial charge on any atom is -0.486 e. The van der Waals surface area contributed by atoms with Gasteiger partial charge in [0.15, 0.2) is 11.5 Å². The third-order valence-electron chi connectivity index (χ3n) is 4.29. The molecule has 0 saturated heterocycles. The van der Waals surface area contributed by atoms with Gasteiger partial charge in [-0.1, -0.05) is 0 Å². The fourth-order valence-corrected chi connectivity index (χ4v) is 2.65. The smallest absolute Gasteiger partial charge is 0.376 e. The lowest BCUT2D eigenvalue weighted by molar-refractivity contribution is 0.171. The Kier molecular flexibility index (Phi) is 6.73. The summed E-state index contributed by atoms with van der Waals surface area (Å²) in [5, 5.41) is 18.0. The largest absolute Gasteiger partial charge is 0.486 e. The van der Waals surface area contributed by atoms with Crippen LogP contribution in [-0.4, -0.2) is 66.2 Å². The molecule has 2 amide bonds. The molecule has 2 aromatic rings. The van der Waals surface area contributed by atoms with Gasteiger partial charge in [0.2, 0.25) is 5.95 Å². The molecule has 1 aliphatic heterocycles. The molecular formula is C18H25BN6O4. The quantitative estimate of drug-likeness (QED) is 0.518. The average Bonchev–Trinajstić information content (AvgIpc) is 2.67. The molecule has 3 rings (SSSR count). The molecule has 154 valence electrons. The van der Waals surface area contributed by atoms with Crippen LogP contribution in [-0.2, 0) is 0 Å². The van der Waals surface area contributed by atoms with Crippen molar-refractivity contribution in [1.82, 2.24) is 14.8 Å². The normalized spacial score (nSPS) is 12.4. The van der Waals surface area contributed by atoms with Crippen LogP contribution >= 0.6 is 0 Å².